The monoisotopic (exact) mass is 537 g/mol. The van der Waals surface area contributed by atoms with Crippen LogP contribution < -0.4 is 16.4 Å². The van der Waals surface area contributed by atoms with E-state index in [9.17, 15) is 19.2 Å². The lowest BCUT2D eigenvalue weighted by Crippen LogP contribution is -2.28. The summed E-state index contributed by atoms with van der Waals surface area (Å²) in [6.45, 7) is 2.15. The Morgan fingerprint density at radius 2 is 1.70 bits per heavy atom. The van der Waals surface area contributed by atoms with E-state index < -0.39 is 11.9 Å². The molecule has 0 radical (unpaired) electrons. The molecule has 0 fully saturated rings. The minimum Gasteiger partial charge on any atom is -0.383 e. The Morgan fingerprint density at radius 3 is 2.35 bits per heavy atom. The molecule has 0 bridgehead atoms. The van der Waals surface area contributed by atoms with Gasteiger partial charge in [-0.15, -0.1) is 0 Å². The summed E-state index contributed by atoms with van der Waals surface area (Å²) < 4.78 is 13.3. The molecule has 2 heterocycles. The van der Waals surface area contributed by atoms with Gasteiger partial charge in [0.25, 0.3) is 11.8 Å². The van der Waals surface area contributed by atoms with Gasteiger partial charge in [-0.25, -0.2) is 14.4 Å². The van der Waals surface area contributed by atoms with Gasteiger partial charge in [0.15, 0.2) is 0 Å². The Balaban J connectivity index is 1.49. The van der Waals surface area contributed by atoms with Crippen LogP contribution in [0.4, 0.5) is 16.0 Å². The molecule has 0 aliphatic heterocycles. The van der Waals surface area contributed by atoms with Gasteiger partial charge in [0.1, 0.15) is 23.5 Å². The predicted octanol–water partition coefficient (Wildman–Crippen LogP) is 4.54. The van der Waals surface area contributed by atoms with Gasteiger partial charge in [-0.05, 0) is 47.9 Å². The van der Waals surface area contributed by atoms with Gasteiger partial charge < -0.3 is 21.3 Å². The Labute approximate surface area is 231 Å². The number of hydrogen-bond acceptors (Lipinski definition) is 7. The zero-order chi connectivity index (χ0) is 28.8. The molecular weight excluding hydrogens is 509 g/mol. The van der Waals surface area contributed by atoms with Crippen molar-refractivity contribution in [1.29, 1.82) is 5.26 Å². The topological polar surface area (TPSA) is 137 Å². The average molecular weight is 538 g/mol. The molecule has 2 aromatic carbocycles. The van der Waals surface area contributed by atoms with Crippen molar-refractivity contribution in [2.75, 3.05) is 25.1 Å². The third-order valence-corrected chi connectivity index (χ3v) is 6.28. The second-order valence-electron chi connectivity index (χ2n) is 9.39. The van der Waals surface area contributed by atoms with Crippen molar-refractivity contribution >= 4 is 23.5 Å². The van der Waals surface area contributed by atoms with Crippen molar-refractivity contribution in [3.8, 4) is 17.2 Å². The number of halogens is 1. The number of carbonyl (C=O) groups excluding carboxylic acids is 2. The molecular formula is C30H28FN7O2. The maximum Gasteiger partial charge on any atom is 0.257 e. The molecule has 4 aromatic rings. The number of carbonyl (C=O) groups is 2. The zero-order valence-electron chi connectivity index (χ0n) is 22.3. The van der Waals surface area contributed by atoms with Crippen molar-refractivity contribution in [2.24, 2.45) is 0 Å². The van der Waals surface area contributed by atoms with E-state index in [0.717, 1.165) is 22.3 Å². The lowest BCUT2D eigenvalue weighted by Gasteiger charge is -2.17. The van der Waals surface area contributed by atoms with E-state index in [2.05, 4.69) is 20.6 Å². The number of pyridine rings is 2. The number of anilines is 2. The Hall–Kier alpha value is -5.30. The zero-order valence-corrected chi connectivity index (χ0v) is 22.3. The number of nitrogens with one attached hydrogen (secondary N) is 2. The Kier molecular flexibility index (Phi) is 8.35. The van der Waals surface area contributed by atoms with Crippen LogP contribution in [0.15, 0.2) is 73.1 Å². The van der Waals surface area contributed by atoms with Crippen LogP contribution in [0.5, 0.6) is 0 Å². The Morgan fingerprint density at radius 1 is 1.00 bits per heavy atom. The first-order valence-electron chi connectivity index (χ1n) is 12.4. The quantitative estimate of drug-likeness (QED) is 0.300. The number of nitrogens with zero attached hydrogens (tertiary/aromatic N) is 4. The first-order chi connectivity index (χ1) is 19.2. The highest BCUT2D eigenvalue weighted by atomic mass is 19.1. The standard InChI is InChI=1S/C30H28FN7O2/c1-18(21-8-10-24(31)11-9-21)37-29(39)26-12-20(14-32)16-36-28(26)35-15-19-4-6-22(7-5-19)23-13-25(27(33)34-17-23)30(40)38(2)3/h4-13,16-18H,15H2,1-3H3,(H2,33,34)(H,35,36)(H,37,39). The molecule has 1 unspecified atom stereocenters. The van der Waals surface area contributed by atoms with Crippen LogP contribution in [-0.4, -0.2) is 40.8 Å². The number of amides is 2. The predicted molar refractivity (Wildman–Crippen MR) is 151 cm³/mol. The third-order valence-electron chi connectivity index (χ3n) is 6.28. The maximum atomic E-state index is 13.3. The van der Waals surface area contributed by atoms with Crippen LogP contribution >= 0.6 is 0 Å². The Bertz CT molecular complexity index is 1580. The van der Waals surface area contributed by atoms with Gasteiger partial charge in [0, 0.05) is 38.6 Å². The number of rotatable bonds is 8. The van der Waals surface area contributed by atoms with E-state index in [0.29, 0.717) is 17.9 Å². The fourth-order valence-corrected chi connectivity index (χ4v) is 4.00. The van der Waals surface area contributed by atoms with Crippen molar-refractivity contribution in [2.45, 2.75) is 19.5 Å². The van der Waals surface area contributed by atoms with Gasteiger partial charge in [0.2, 0.25) is 0 Å². The summed E-state index contributed by atoms with van der Waals surface area (Å²) in [5.74, 6) is -0.513. The van der Waals surface area contributed by atoms with Gasteiger partial charge >= 0.3 is 0 Å². The summed E-state index contributed by atoms with van der Waals surface area (Å²) in [6, 6.07) is 18.3. The molecule has 2 aromatic heterocycles. The van der Waals surface area contributed by atoms with Crippen LogP contribution in [0.2, 0.25) is 0 Å². The molecule has 10 heteroatoms. The summed E-state index contributed by atoms with van der Waals surface area (Å²) in [4.78, 5) is 35.4. The number of aromatic nitrogens is 2. The number of nitrogen functional groups attached to an aromatic ring is 1. The number of benzene rings is 2. The molecule has 0 saturated heterocycles. The van der Waals surface area contributed by atoms with E-state index in [1.165, 1.54) is 29.3 Å². The first-order valence-corrected chi connectivity index (χ1v) is 12.4. The average Bonchev–Trinajstić information content (AvgIpc) is 2.96. The molecule has 0 aliphatic carbocycles. The normalized spacial score (nSPS) is 11.3. The van der Waals surface area contributed by atoms with E-state index in [-0.39, 0.29) is 28.7 Å². The van der Waals surface area contributed by atoms with Crippen LogP contribution in [0, 0.1) is 17.1 Å². The van der Waals surface area contributed by atoms with Gasteiger partial charge in [-0.3, -0.25) is 9.59 Å². The van der Waals surface area contributed by atoms with E-state index in [1.807, 2.05) is 30.3 Å². The van der Waals surface area contributed by atoms with Gasteiger partial charge in [-0.1, -0.05) is 36.4 Å². The molecule has 0 spiro atoms. The highest BCUT2D eigenvalue weighted by Crippen LogP contribution is 2.24. The SMILES string of the molecule is CC(NC(=O)c1cc(C#N)cnc1NCc1ccc(-c2cnc(N)c(C(=O)N(C)C)c2)cc1)c1ccc(F)cc1. The van der Waals surface area contributed by atoms with Crippen molar-refractivity contribution < 1.29 is 14.0 Å². The second-order valence-corrected chi connectivity index (χ2v) is 9.39. The number of nitrogens with two attached hydrogens (primary N) is 1. The largest absolute Gasteiger partial charge is 0.383 e. The first kappa shape index (κ1) is 27.7. The minimum absolute atomic E-state index is 0.171. The number of hydrogen-bond donors (Lipinski definition) is 3. The van der Waals surface area contributed by atoms with Crippen molar-refractivity contribution in [1.82, 2.24) is 20.2 Å². The number of nitriles is 1. The van der Waals surface area contributed by atoms with Crippen LogP contribution in [0.25, 0.3) is 11.1 Å². The van der Waals surface area contributed by atoms with Crippen LogP contribution in [-0.2, 0) is 6.54 Å². The molecule has 2 amide bonds. The van der Waals surface area contributed by atoms with Crippen LogP contribution in [0.1, 0.15) is 50.4 Å². The van der Waals surface area contributed by atoms with Crippen molar-refractivity contribution in [3.63, 3.8) is 0 Å². The van der Waals surface area contributed by atoms with Gasteiger partial charge in [0.05, 0.1) is 22.7 Å². The molecule has 0 saturated carbocycles. The van der Waals surface area contributed by atoms with Gasteiger partial charge in [-0.2, -0.15) is 5.26 Å². The highest BCUT2D eigenvalue weighted by molar-refractivity contribution is 6.00. The molecule has 4 N–H and O–H groups in total. The summed E-state index contributed by atoms with van der Waals surface area (Å²) in [5.41, 5.74) is 9.96. The fraction of sp³-hybridized carbons (Fsp3) is 0.167. The minimum atomic E-state index is -0.418. The fourth-order valence-electron chi connectivity index (χ4n) is 4.00. The molecule has 0 aliphatic rings. The molecule has 1 atom stereocenters. The van der Waals surface area contributed by atoms with Crippen molar-refractivity contribution in [3.05, 3.63) is 107 Å². The smallest absolute Gasteiger partial charge is 0.257 e. The highest BCUT2D eigenvalue weighted by Gasteiger charge is 2.18. The summed E-state index contributed by atoms with van der Waals surface area (Å²) >= 11 is 0. The summed E-state index contributed by atoms with van der Waals surface area (Å²) in [6.07, 6.45) is 3.01. The van der Waals surface area contributed by atoms with E-state index in [4.69, 9.17) is 5.73 Å². The summed E-state index contributed by atoms with van der Waals surface area (Å²) in [5, 5.41) is 15.4. The molecule has 4 rings (SSSR count). The van der Waals surface area contributed by atoms with Crippen LogP contribution in [0.3, 0.4) is 0 Å². The van der Waals surface area contributed by atoms with E-state index in [1.54, 1.807) is 45.4 Å². The second kappa shape index (κ2) is 12.0. The maximum absolute atomic E-state index is 13.3. The third kappa shape index (κ3) is 6.39. The summed E-state index contributed by atoms with van der Waals surface area (Å²) in [7, 11) is 3.31. The molecule has 9 nitrogen and oxygen atoms in total. The lowest BCUT2D eigenvalue weighted by atomic mass is 10.0. The lowest BCUT2D eigenvalue weighted by molar-refractivity contribution is 0.0828. The van der Waals surface area contributed by atoms with E-state index >= 15 is 0 Å². The molecule has 40 heavy (non-hydrogen) atoms. The molecule has 202 valence electrons.